The van der Waals surface area contributed by atoms with Crippen LogP contribution in [0.4, 0.5) is 17.1 Å². The molecule has 0 unspecified atom stereocenters. The van der Waals surface area contributed by atoms with Crippen LogP contribution in [0.5, 0.6) is 0 Å². The van der Waals surface area contributed by atoms with Gasteiger partial charge in [0, 0.05) is 39.3 Å². The minimum atomic E-state index is 0.873. The van der Waals surface area contributed by atoms with Crippen molar-refractivity contribution in [2.24, 2.45) is 0 Å². The van der Waals surface area contributed by atoms with Crippen molar-refractivity contribution in [3.05, 3.63) is 200 Å². The Kier molecular flexibility index (Phi) is 6.90. The molecule has 1 heterocycles. The van der Waals surface area contributed by atoms with E-state index in [1.54, 1.807) is 0 Å². The van der Waals surface area contributed by atoms with Gasteiger partial charge in [-0.05, 0) is 121 Å². The third-order valence-electron chi connectivity index (χ3n) is 11.0. The van der Waals surface area contributed by atoms with E-state index >= 15 is 0 Å². The van der Waals surface area contributed by atoms with Crippen molar-refractivity contribution >= 4 is 82.1 Å². The lowest BCUT2D eigenvalue weighted by atomic mass is 9.96. The fraction of sp³-hybridized carbons (Fsp3) is 0. The first-order valence-electron chi connectivity index (χ1n) is 18.5. The van der Waals surface area contributed by atoms with Crippen molar-refractivity contribution in [3.8, 4) is 22.3 Å². The van der Waals surface area contributed by atoms with Crippen molar-refractivity contribution < 1.29 is 4.42 Å². The van der Waals surface area contributed by atoms with Gasteiger partial charge in [0.05, 0.1) is 0 Å². The molecule has 10 aromatic carbocycles. The molecule has 0 amide bonds. The molecule has 0 N–H and O–H groups in total. The zero-order valence-corrected chi connectivity index (χ0v) is 29.4. The molecule has 11 aromatic rings. The lowest BCUT2D eigenvalue weighted by molar-refractivity contribution is 0.672. The summed E-state index contributed by atoms with van der Waals surface area (Å²) in [4.78, 5) is 2.35. The first kappa shape index (κ1) is 30.5. The second-order valence-electron chi connectivity index (χ2n) is 14.2. The number of benzene rings is 10. The second kappa shape index (κ2) is 12.2. The summed E-state index contributed by atoms with van der Waals surface area (Å²) in [5, 5.41) is 11.9. The van der Waals surface area contributed by atoms with Crippen LogP contribution in [0.3, 0.4) is 0 Å². The third kappa shape index (κ3) is 5.11. The van der Waals surface area contributed by atoms with Crippen molar-refractivity contribution in [2.75, 3.05) is 4.90 Å². The van der Waals surface area contributed by atoms with E-state index in [9.17, 15) is 0 Å². The Labute approximate surface area is 312 Å². The second-order valence-corrected chi connectivity index (χ2v) is 14.2. The zero-order chi connectivity index (χ0) is 35.6. The molecule has 0 aliphatic heterocycles. The van der Waals surface area contributed by atoms with Crippen LogP contribution in [0.15, 0.2) is 205 Å². The number of nitrogens with zero attached hydrogens (tertiary/aromatic N) is 1. The molecule has 0 spiro atoms. The van der Waals surface area contributed by atoms with Gasteiger partial charge < -0.3 is 9.32 Å². The highest BCUT2D eigenvalue weighted by Crippen LogP contribution is 2.42. The lowest BCUT2D eigenvalue weighted by Crippen LogP contribution is -2.10. The SMILES string of the molecule is c1cc(-c2ccc3ccc(-c4ccc5ccccc5c4)cc3c2)cc(N(c2ccc3ccccc3c2)c2ccc3c(c2)oc2c4ccccc4ccc32)c1. The molecule has 252 valence electrons. The van der Waals surface area contributed by atoms with Crippen molar-refractivity contribution in [1.82, 2.24) is 0 Å². The standard InChI is InChI=1S/C52H33NO/c1-3-11-38-28-41(19-16-34(38)8-1)43-21-18-36-17-20-42(29-44(36)30-43)40-13-7-14-45(32-40)53(46-24-22-35-9-2-4-12-39(35)31-46)47-25-27-49-50-26-23-37-10-5-6-15-48(37)52(50)54-51(49)33-47/h1-33H. The zero-order valence-electron chi connectivity index (χ0n) is 29.4. The molecular formula is C52H33NO. The number of hydrogen-bond donors (Lipinski definition) is 0. The van der Waals surface area contributed by atoms with E-state index in [0.29, 0.717) is 0 Å². The molecule has 2 heteroatoms. The van der Waals surface area contributed by atoms with Gasteiger partial charge in [-0.1, -0.05) is 133 Å². The normalized spacial score (nSPS) is 11.7. The quantitative estimate of drug-likeness (QED) is 0.179. The number of hydrogen-bond acceptors (Lipinski definition) is 2. The van der Waals surface area contributed by atoms with E-state index in [1.165, 1.54) is 54.4 Å². The van der Waals surface area contributed by atoms with Crippen molar-refractivity contribution in [3.63, 3.8) is 0 Å². The maximum absolute atomic E-state index is 6.67. The molecule has 11 rings (SSSR count). The first-order chi connectivity index (χ1) is 26.7. The summed E-state index contributed by atoms with van der Waals surface area (Å²) >= 11 is 0. The summed E-state index contributed by atoms with van der Waals surface area (Å²) in [5.41, 5.74) is 9.79. The average molecular weight is 688 g/mol. The maximum atomic E-state index is 6.67. The molecule has 0 atom stereocenters. The maximum Gasteiger partial charge on any atom is 0.143 e. The fourth-order valence-electron chi connectivity index (χ4n) is 8.19. The smallest absolute Gasteiger partial charge is 0.143 e. The Hall–Kier alpha value is -7.16. The van der Waals surface area contributed by atoms with E-state index in [4.69, 9.17) is 4.42 Å². The van der Waals surface area contributed by atoms with Crippen LogP contribution >= 0.6 is 0 Å². The van der Waals surface area contributed by atoms with Gasteiger partial charge in [-0.15, -0.1) is 0 Å². The molecule has 0 aliphatic rings. The van der Waals surface area contributed by atoms with Crippen LogP contribution in [-0.4, -0.2) is 0 Å². The van der Waals surface area contributed by atoms with E-state index in [2.05, 4.69) is 205 Å². The van der Waals surface area contributed by atoms with Gasteiger partial charge in [0.1, 0.15) is 11.2 Å². The highest BCUT2D eigenvalue weighted by atomic mass is 16.3. The van der Waals surface area contributed by atoms with E-state index < -0.39 is 0 Å². The molecule has 0 radical (unpaired) electrons. The largest absolute Gasteiger partial charge is 0.455 e. The van der Waals surface area contributed by atoms with Crippen LogP contribution < -0.4 is 4.90 Å². The van der Waals surface area contributed by atoms with Gasteiger partial charge in [0.25, 0.3) is 0 Å². The van der Waals surface area contributed by atoms with Crippen LogP contribution in [0.2, 0.25) is 0 Å². The van der Waals surface area contributed by atoms with E-state index in [0.717, 1.165) is 50.0 Å². The third-order valence-corrected chi connectivity index (χ3v) is 11.0. The van der Waals surface area contributed by atoms with Gasteiger partial charge in [-0.25, -0.2) is 0 Å². The number of rotatable bonds is 5. The summed E-state index contributed by atoms with van der Waals surface area (Å²) in [6.07, 6.45) is 0. The lowest BCUT2D eigenvalue weighted by Gasteiger charge is -2.26. The van der Waals surface area contributed by atoms with Gasteiger partial charge in [0.2, 0.25) is 0 Å². The van der Waals surface area contributed by atoms with Crippen molar-refractivity contribution in [1.29, 1.82) is 0 Å². The summed E-state index contributed by atoms with van der Waals surface area (Å²) in [6, 6.07) is 72.4. The first-order valence-corrected chi connectivity index (χ1v) is 18.5. The Morgan fingerprint density at radius 2 is 0.778 bits per heavy atom. The Morgan fingerprint density at radius 1 is 0.278 bits per heavy atom. The van der Waals surface area contributed by atoms with Gasteiger partial charge >= 0.3 is 0 Å². The highest BCUT2D eigenvalue weighted by Gasteiger charge is 2.18. The highest BCUT2D eigenvalue weighted by molar-refractivity contribution is 6.15. The van der Waals surface area contributed by atoms with E-state index in [1.807, 2.05) is 0 Å². The van der Waals surface area contributed by atoms with Crippen LogP contribution in [-0.2, 0) is 0 Å². The Morgan fingerprint density at radius 3 is 1.52 bits per heavy atom. The molecule has 0 saturated heterocycles. The van der Waals surface area contributed by atoms with Crippen LogP contribution in [0.25, 0.3) is 87.3 Å². The molecule has 0 fully saturated rings. The minimum absolute atomic E-state index is 0.873. The Balaban J connectivity index is 1.04. The topological polar surface area (TPSA) is 16.4 Å². The monoisotopic (exact) mass is 687 g/mol. The predicted molar refractivity (Wildman–Crippen MR) is 229 cm³/mol. The molecular weight excluding hydrogens is 655 g/mol. The number of anilines is 3. The van der Waals surface area contributed by atoms with Crippen molar-refractivity contribution in [2.45, 2.75) is 0 Å². The van der Waals surface area contributed by atoms with E-state index in [-0.39, 0.29) is 0 Å². The van der Waals surface area contributed by atoms with Crippen LogP contribution in [0, 0.1) is 0 Å². The summed E-state index contributed by atoms with van der Waals surface area (Å²) < 4.78 is 6.67. The number of fused-ring (bicyclic) bond motifs is 8. The van der Waals surface area contributed by atoms with Gasteiger partial charge in [-0.2, -0.15) is 0 Å². The molecule has 0 aliphatic carbocycles. The van der Waals surface area contributed by atoms with Gasteiger partial charge in [0.15, 0.2) is 0 Å². The Bertz CT molecular complexity index is 3240. The predicted octanol–water partition coefficient (Wildman–Crippen LogP) is 15.0. The number of furan rings is 1. The summed E-state index contributed by atoms with van der Waals surface area (Å²) in [6.45, 7) is 0. The summed E-state index contributed by atoms with van der Waals surface area (Å²) in [5.74, 6) is 0. The molecule has 0 bridgehead atoms. The molecule has 54 heavy (non-hydrogen) atoms. The van der Waals surface area contributed by atoms with Gasteiger partial charge in [-0.3, -0.25) is 0 Å². The summed E-state index contributed by atoms with van der Waals surface area (Å²) in [7, 11) is 0. The molecule has 2 nitrogen and oxygen atoms in total. The minimum Gasteiger partial charge on any atom is -0.455 e. The fourth-order valence-corrected chi connectivity index (χ4v) is 8.19. The molecule has 0 saturated carbocycles. The molecule has 1 aromatic heterocycles. The van der Waals surface area contributed by atoms with Crippen LogP contribution in [0.1, 0.15) is 0 Å². The average Bonchev–Trinajstić information content (AvgIpc) is 3.62.